The molecule has 106 valence electrons. The molecule has 0 aromatic rings. The predicted molar refractivity (Wildman–Crippen MR) is 69.4 cm³/mol. The minimum atomic E-state index is -4.26. The topological polar surface area (TPSA) is 119 Å². The summed E-state index contributed by atoms with van der Waals surface area (Å²) >= 11 is 0. The molecule has 17 heavy (non-hydrogen) atoms. The summed E-state index contributed by atoms with van der Waals surface area (Å²) in [5.74, 6) is 0.271. The Morgan fingerprint density at radius 3 is 2.06 bits per heavy atom. The zero-order valence-corrected chi connectivity index (χ0v) is 11.7. The van der Waals surface area contributed by atoms with Crippen LogP contribution in [0.15, 0.2) is 0 Å². The molecule has 1 unspecified atom stereocenters. The largest absolute Gasteiger partial charge is 0.469 e. The maximum Gasteiger partial charge on any atom is 0.469 e. The molecule has 0 aromatic heterocycles. The summed E-state index contributed by atoms with van der Waals surface area (Å²) in [5.41, 5.74) is 9.81. The van der Waals surface area contributed by atoms with Gasteiger partial charge in [0.2, 0.25) is 0 Å². The molecule has 0 bridgehead atoms. The Hall–Kier alpha value is 0.0300. The molecule has 0 heterocycles. The van der Waals surface area contributed by atoms with E-state index >= 15 is 0 Å². The van der Waals surface area contributed by atoms with E-state index in [0.717, 1.165) is 25.7 Å². The van der Waals surface area contributed by atoms with Gasteiger partial charge in [0.15, 0.2) is 0 Å². The quantitative estimate of drug-likeness (QED) is 0.492. The number of phosphoric acid groups is 1. The molecule has 0 saturated heterocycles. The van der Waals surface area contributed by atoms with Gasteiger partial charge in [-0.1, -0.05) is 33.1 Å². The second-order valence-electron chi connectivity index (χ2n) is 3.78. The van der Waals surface area contributed by atoms with Crippen molar-refractivity contribution in [3.63, 3.8) is 0 Å². The predicted octanol–water partition coefficient (Wildman–Crippen LogP) is 1.22. The van der Waals surface area contributed by atoms with Crippen LogP contribution in [0.2, 0.25) is 0 Å². The zero-order valence-electron chi connectivity index (χ0n) is 10.8. The van der Waals surface area contributed by atoms with Crippen LogP contribution in [-0.2, 0) is 9.09 Å². The van der Waals surface area contributed by atoms with Crippen molar-refractivity contribution >= 4 is 7.82 Å². The summed E-state index contributed by atoms with van der Waals surface area (Å²) in [6.45, 7) is 5.46. The van der Waals surface area contributed by atoms with Crippen molar-refractivity contribution in [2.45, 2.75) is 39.5 Å². The lowest BCUT2D eigenvalue weighted by Crippen LogP contribution is -2.11. The van der Waals surface area contributed by atoms with Crippen molar-refractivity contribution in [2.24, 2.45) is 17.4 Å². The van der Waals surface area contributed by atoms with Gasteiger partial charge in [0.25, 0.3) is 0 Å². The Bertz CT molecular complexity index is 197. The first-order chi connectivity index (χ1) is 7.91. The third-order valence-corrected chi connectivity index (χ3v) is 2.67. The third kappa shape index (κ3) is 18.6. The molecule has 6 nitrogen and oxygen atoms in total. The van der Waals surface area contributed by atoms with Gasteiger partial charge in [-0.3, -0.25) is 4.52 Å². The first-order valence-corrected chi connectivity index (χ1v) is 7.54. The molecule has 0 fully saturated rings. The summed E-state index contributed by atoms with van der Waals surface area (Å²) in [4.78, 5) is 17.0. The Balaban J connectivity index is 0. The monoisotopic (exact) mass is 270 g/mol. The van der Waals surface area contributed by atoms with E-state index in [0.29, 0.717) is 13.1 Å². The smallest absolute Gasteiger partial charge is 0.329 e. The minimum Gasteiger partial charge on any atom is -0.329 e. The van der Waals surface area contributed by atoms with Gasteiger partial charge in [-0.2, -0.15) is 0 Å². The van der Waals surface area contributed by atoms with Gasteiger partial charge in [-0.15, -0.1) is 0 Å². The van der Waals surface area contributed by atoms with Gasteiger partial charge in [0.1, 0.15) is 0 Å². The highest BCUT2D eigenvalue weighted by Gasteiger charge is 2.16. The third-order valence-electron chi connectivity index (χ3n) is 2.19. The van der Waals surface area contributed by atoms with Gasteiger partial charge < -0.3 is 21.3 Å². The van der Waals surface area contributed by atoms with Crippen LogP contribution < -0.4 is 11.5 Å². The molecule has 0 aromatic carbocycles. The number of phosphoric ester groups is 1. The van der Waals surface area contributed by atoms with Crippen LogP contribution in [0, 0.1) is 5.92 Å². The fourth-order valence-electron chi connectivity index (χ4n) is 1.10. The van der Waals surface area contributed by atoms with E-state index in [1.54, 1.807) is 0 Å². The SMILES string of the molecule is CCCCC(CC)COP(=O)(O)O.NCCN. The Kier molecular flexibility index (Phi) is 14.2. The van der Waals surface area contributed by atoms with E-state index < -0.39 is 7.82 Å². The van der Waals surface area contributed by atoms with Gasteiger partial charge in [-0.25, -0.2) is 4.57 Å². The van der Waals surface area contributed by atoms with Crippen LogP contribution in [0.4, 0.5) is 0 Å². The summed E-state index contributed by atoms with van der Waals surface area (Å²) in [6.07, 6.45) is 4.07. The first kappa shape index (κ1) is 19.4. The van der Waals surface area contributed by atoms with E-state index in [2.05, 4.69) is 11.4 Å². The van der Waals surface area contributed by atoms with Gasteiger partial charge in [-0.05, 0) is 12.3 Å². The van der Waals surface area contributed by atoms with E-state index in [-0.39, 0.29) is 12.5 Å². The van der Waals surface area contributed by atoms with Crippen LogP contribution in [0.1, 0.15) is 39.5 Å². The van der Waals surface area contributed by atoms with E-state index in [1.807, 2.05) is 6.92 Å². The highest BCUT2D eigenvalue weighted by Crippen LogP contribution is 2.36. The maximum absolute atomic E-state index is 10.4. The summed E-state index contributed by atoms with van der Waals surface area (Å²) < 4.78 is 14.8. The van der Waals surface area contributed by atoms with E-state index in [1.165, 1.54) is 0 Å². The minimum absolute atomic E-state index is 0.167. The molecule has 6 N–H and O–H groups in total. The summed E-state index contributed by atoms with van der Waals surface area (Å²) in [6, 6.07) is 0. The Labute approximate surface area is 104 Å². The molecule has 0 spiro atoms. The molecule has 0 aliphatic carbocycles. The summed E-state index contributed by atoms with van der Waals surface area (Å²) in [5, 5.41) is 0. The number of unbranched alkanes of at least 4 members (excludes halogenated alkanes) is 1. The molecule has 0 amide bonds. The number of hydrogen-bond donors (Lipinski definition) is 4. The van der Waals surface area contributed by atoms with Crippen molar-refractivity contribution in [3.05, 3.63) is 0 Å². The average Bonchev–Trinajstić information content (AvgIpc) is 2.28. The second-order valence-corrected chi connectivity index (χ2v) is 5.02. The number of hydrogen-bond acceptors (Lipinski definition) is 4. The van der Waals surface area contributed by atoms with Crippen LogP contribution in [0.25, 0.3) is 0 Å². The van der Waals surface area contributed by atoms with Gasteiger partial charge >= 0.3 is 7.82 Å². The Morgan fingerprint density at radius 1 is 1.24 bits per heavy atom. The molecule has 0 rings (SSSR count). The highest BCUT2D eigenvalue weighted by molar-refractivity contribution is 7.46. The standard InChI is InChI=1S/C8H19O4P.C2H8N2/c1-3-5-6-8(4-2)7-12-13(9,10)11;3-1-2-4/h8H,3-7H2,1-2H3,(H2,9,10,11);1-4H2. The van der Waals surface area contributed by atoms with Crippen LogP contribution >= 0.6 is 7.82 Å². The second kappa shape index (κ2) is 12.5. The molecular weight excluding hydrogens is 243 g/mol. The molecule has 0 saturated carbocycles. The maximum atomic E-state index is 10.4. The molecule has 0 aliphatic heterocycles. The fraction of sp³-hybridized carbons (Fsp3) is 1.00. The summed E-state index contributed by atoms with van der Waals surface area (Å²) in [7, 11) is -4.26. The van der Waals surface area contributed by atoms with Gasteiger partial charge in [0.05, 0.1) is 6.61 Å². The average molecular weight is 270 g/mol. The number of nitrogens with two attached hydrogens (primary N) is 2. The molecule has 1 atom stereocenters. The van der Waals surface area contributed by atoms with Crippen LogP contribution in [-0.4, -0.2) is 29.5 Å². The lowest BCUT2D eigenvalue weighted by Gasteiger charge is -2.14. The van der Waals surface area contributed by atoms with Crippen molar-refractivity contribution in [1.82, 2.24) is 0 Å². The lowest BCUT2D eigenvalue weighted by molar-refractivity contribution is 0.161. The first-order valence-electron chi connectivity index (χ1n) is 6.01. The lowest BCUT2D eigenvalue weighted by atomic mass is 10.0. The van der Waals surface area contributed by atoms with Gasteiger partial charge in [0, 0.05) is 13.1 Å². The van der Waals surface area contributed by atoms with Crippen molar-refractivity contribution < 1.29 is 18.9 Å². The highest BCUT2D eigenvalue weighted by atomic mass is 31.2. The van der Waals surface area contributed by atoms with Crippen molar-refractivity contribution in [1.29, 1.82) is 0 Å². The van der Waals surface area contributed by atoms with E-state index in [9.17, 15) is 4.57 Å². The molecular formula is C10H27N2O4P. The molecule has 0 aliphatic rings. The fourth-order valence-corrected chi connectivity index (χ4v) is 1.51. The molecule has 0 radical (unpaired) electrons. The number of rotatable bonds is 8. The van der Waals surface area contributed by atoms with Crippen molar-refractivity contribution in [2.75, 3.05) is 19.7 Å². The van der Waals surface area contributed by atoms with E-state index in [4.69, 9.17) is 21.3 Å². The van der Waals surface area contributed by atoms with Crippen LogP contribution in [0.3, 0.4) is 0 Å². The Morgan fingerprint density at radius 2 is 1.76 bits per heavy atom. The molecule has 7 heteroatoms. The van der Waals surface area contributed by atoms with Crippen LogP contribution in [0.5, 0.6) is 0 Å². The normalized spacial score (nSPS) is 12.8. The zero-order chi connectivity index (χ0) is 13.7. The van der Waals surface area contributed by atoms with Crippen molar-refractivity contribution in [3.8, 4) is 0 Å².